The summed E-state index contributed by atoms with van der Waals surface area (Å²) in [5.41, 5.74) is 0. The molecule has 1 atom stereocenters. The van der Waals surface area contributed by atoms with Gasteiger partial charge in [-0.3, -0.25) is 9.59 Å². The molecule has 2 N–H and O–H groups in total. The third-order valence-electron chi connectivity index (χ3n) is 2.91. The van der Waals surface area contributed by atoms with E-state index in [1.807, 2.05) is 13.8 Å². The van der Waals surface area contributed by atoms with Gasteiger partial charge in [0.1, 0.15) is 6.04 Å². The van der Waals surface area contributed by atoms with Crippen molar-refractivity contribution in [2.45, 2.75) is 26.3 Å². The first-order chi connectivity index (χ1) is 7.91. The van der Waals surface area contributed by atoms with E-state index in [0.29, 0.717) is 12.3 Å². The summed E-state index contributed by atoms with van der Waals surface area (Å²) >= 11 is 0. The average Bonchev–Trinajstić information content (AvgIpc) is 2.11. The number of likely N-dealkylation sites (N-methyl/N-ethyl adjacent to an activating group) is 1. The van der Waals surface area contributed by atoms with Crippen LogP contribution in [0.5, 0.6) is 0 Å². The number of hydrogen-bond donors (Lipinski definition) is 2. The normalized spacial score (nSPS) is 17.5. The molecule has 0 aromatic rings. The third kappa shape index (κ3) is 4.00. The van der Waals surface area contributed by atoms with Crippen molar-refractivity contribution in [3.8, 4) is 0 Å². The third-order valence-corrected chi connectivity index (χ3v) is 2.91. The Kier molecular flexibility index (Phi) is 4.93. The Morgan fingerprint density at radius 3 is 2.29 bits per heavy atom. The lowest BCUT2D eigenvalue weighted by molar-refractivity contribution is -0.136. The van der Waals surface area contributed by atoms with Gasteiger partial charge in [-0.15, -0.1) is 0 Å². The number of carbonyl (C=O) groups is 2. The number of hydrogen-bond acceptors (Lipinski definition) is 3. The number of nitrogens with one attached hydrogen (secondary N) is 2. The lowest BCUT2D eigenvalue weighted by atomic mass is 9.99. The van der Waals surface area contributed by atoms with Crippen LogP contribution in [0.3, 0.4) is 0 Å². The zero-order valence-corrected chi connectivity index (χ0v) is 11.1. The summed E-state index contributed by atoms with van der Waals surface area (Å²) in [4.78, 5) is 25.3. The fourth-order valence-electron chi connectivity index (χ4n) is 1.77. The van der Waals surface area contributed by atoms with E-state index >= 15 is 0 Å². The molecule has 1 aliphatic rings. The number of nitrogens with zero attached hydrogens (tertiary/aromatic N) is 1. The van der Waals surface area contributed by atoms with Gasteiger partial charge in [-0.2, -0.15) is 0 Å². The van der Waals surface area contributed by atoms with Gasteiger partial charge in [0.2, 0.25) is 11.8 Å². The summed E-state index contributed by atoms with van der Waals surface area (Å²) in [7, 11) is 3.43. The molecule has 1 fully saturated rings. The molecule has 0 aromatic carbocycles. The number of carbonyl (C=O) groups excluding carboxylic acids is 2. The lowest BCUT2D eigenvalue weighted by Crippen LogP contribution is -2.55. The second kappa shape index (κ2) is 6.00. The van der Waals surface area contributed by atoms with Crippen molar-refractivity contribution in [2.24, 2.45) is 11.8 Å². The van der Waals surface area contributed by atoms with Crippen molar-refractivity contribution < 1.29 is 9.59 Å². The molecule has 98 valence electrons. The van der Waals surface area contributed by atoms with Crippen LogP contribution in [0.2, 0.25) is 0 Å². The minimum Gasteiger partial charge on any atom is -0.347 e. The Morgan fingerprint density at radius 2 is 1.94 bits per heavy atom. The molecule has 1 saturated heterocycles. The maximum Gasteiger partial charge on any atom is 0.244 e. The minimum absolute atomic E-state index is 0.00963. The maximum atomic E-state index is 11.9. The summed E-state index contributed by atoms with van der Waals surface area (Å²) in [5, 5.41) is 5.91. The van der Waals surface area contributed by atoms with Gasteiger partial charge in [-0.1, -0.05) is 13.8 Å². The molecule has 17 heavy (non-hydrogen) atoms. The highest BCUT2D eigenvalue weighted by Crippen LogP contribution is 2.09. The molecule has 1 heterocycles. The van der Waals surface area contributed by atoms with Gasteiger partial charge in [-0.05, 0) is 12.3 Å². The molecule has 0 aromatic heterocycles. The van der Waals surface area contributed by atoms with Crippen LogP contribution in [-0.4, -0.2) is 49.9 Å². The van der Waals surface area contributed by atoms with E-state index in [1.165, 1.54) is 4.90 Å². The highest BCUT2D eigenvalue weighted by Gasteiger charge is 2.29. The van der Waals surface area contributed by atoms with Crippen molar-refractivity contribution in [3.63, 3.8) is 0 Å². The second-order valence-electron chi connectivity index (χ2n) is 5.28. The van der Waals surface area contributed by atoms with E-state index in [2.05, 4.69) is 10.6 Å². The first-order valence-electron chi connectivity index (χ1n) is 6.14. The molecule has 0 radical (unpaired) electrons. The zero-order chi connectivity index (χ0) is 13.0. The van der Waals surface area contributed by atoms with Gasteiger partial charge in [0.05, 0.1) is 5.92 Å². The average molecular weight is 241 g/mol. The molecule has 0 bridgehead atoms. The van der Waals surface area contributed by atoms with Gasteiger partial charge in [-0.25, -0.2) is 0 Å². The molecule has 1 rings (SSSR count). The predicted octanol–water partition coefficient (Wildman–Crippen LogP) is -0.175. The lowest BCUT2D eigenvalue weighted by Gasteiger charge is -2.29. The van der Waals surface area contributed by atoms with Crippen molar-refractivity contribution in [1.29, 1.82) is 0 Å². The van der Waals surface area contributed by atoms with Crippen LogP contribution >= 0.6 is 0 Å². The molecule has 5 heteroatoms. The molecule has 0 aliphatic carbocycles. The molecule has 0 spiro atoms. The topological polar surface area (TPSA) is 61.4 Å². The van der Waals surface area contributed by atoms with Gasteiger partial charge in [0.25, 0.3) is 0 Å². The van der Waals surface area contributed by atoms with Crippen LogP contribution in [0.1, 0.15) is 20.3 Å². The van der Waals surface area contributed by atoms with E-state index in [9.17, 15) is 9.59 Å². The van der Waals surface area contributed by atoms with Crippen molar-refractivity contribution >= 4 is 11.8 Å². The number of rotatable bonds is 5. The molecular weight excluding hydrogens is 218 g/mol. The van der Waals surface area contributed by atoms with Gasteiger partial charge in [0, 0.05) is 27.2 Å². The van der Waals surface area contributed by atoms with Gasteiger partial charge >= 0.3 is 0 Å². The molecule has 1 aliphatic heterocycles. The van der Waals surface area contributed by atoms with Crippen LogP contribution in [0, 0.1) is 11.8 Å². The summed E-state index contributed by atoms with van der Waals surface area (Å²) in [6, 6.07) is -0.391. The summed E-state index contributed by atoms with van der Waals surface area (Å²) < 4.78 is 0. The quantitative estimate of drug-likeness (QED) is 0.702. The fraction of sp³-hybridized carbons (Fsp3) is 0.833. The summed E-state index contributed by atoms with van der Waals surface area (Å²) in [5.74, 6) is 0.368. The van der Waals surface area contributed by atoms with Crippen LogP contribution in [0.25, 0.3) is 0 Å². The van der Waals surface area contributed by atoms with Crippen molar-refractivity contribution in [1.82, 2.24) is 15.5 Å². The standard InChI is InChI=1S/C12H23N3O2/c1-8(2)5-10(12(17)15(3)4)14-11(16)9-6-13-7-9/h8-10,13H,5-7H2,1-4H3,(H,14,16). The van der Waals surface area contributed by atoms with Gasteiger partial charge < -0.3 is 15.5 Å². The largest absolute Gasteiger partial charge is 0.347 e. The molecular formula is C12H23N3O2. The number of amides is 2. The Balaban J connectivity index is 2.55. The minimum atomic E-state index is -0.391. The highest BCUT2D eigenvalue weighted by molar-refractivity contribution is 5.88. The fourth-order valence-corrected chi connectivity index (χ4v) is 1.77. The zero-order valence-electron chi connectivity index (χ0n) is 11.1. The van der Waals surface area contributed by atoms with Crippen LogP contribution in [-0.2, 0) is 9.59 Å². The van der Waals surface area contributed by atoms with Gasteiger partial charge in [0.15, 0.2) is 0 Å². The first kappa shape index (κ1) is 14.0. The summed E-state index contributed by atoms with van der Waals surface area (Å²) in [6.45, 7) is 5.53. The predicted molar refractivity (Wildman–Crippen MR) is 66.4 cm³/mol. The SMILES string of the molecule is CC(C)CC(NC(=O)C1CNC1)C(=O)N(C)C. The van der Waals surface area contributed by atoms with E-state index in [-0.39, 0.29) is 17.7 Å². The Bertz CT molecular complexity index is 285. The summed E-state index contributed by atoms with van der Waals surface area (Å²) in [6.07, 6.45) is 0.683. The van der Waals surface area contributed by atoms with E-state index in [1.54, 1.807) is 14.1 Å². The molecule has 0 saturated carbocycles. The Hall–Kier alpha value is -1.10. The van der Waals surface area contributed by atoms with Crippen LogP contribution in [0.4, 0.5) is 0 Å². The highest BCUT2D eigenvalue weighted by atomic mass is 16.2. The van der Waals surface area contributed by atoms with Crippen molar-refractivity contribution in [3.05, 3.63) is 0 Å². The first-order valence-corrected chi connectivity index (χ1v) is 6.14. The second-order valence-corrected chi connectivity index (χ2v) is 5.28. The molecule has 1 unspecified atom stereocenters. The molecule has 2 amide bonds. The Morgan fingerprint density at radius 1 is 1.35 bits per heavy atom. The van der Waals surface area contributed by atoms with E-state index in [4.69, 9.17) is 0 Å². The maximum absolute atomic E-state index is 11.9. The van der Waals surface area contributed by atoms with E-state index < -0.39 is 6.04 Å². The smallest absolute Gasteiger partial charge is 0.244 e. The monoisotopic (exact) mass is 241 g/mol. The Labute approximate surface area is 103 Å². The van der Waals surface area contributed by atoms with Crippen LogP contribution < -0.4 is 10.6 Å². The van der Waals surface area contributed by atoms with Crippen molar-refractivity contribution in [2.75, 3.05) is 27.2 Å². The molecule has 5 nitrogen and oxygen atoms in total. The van der Waals surface area contributed by atoms with E-state index in [0.717, 1.165) is 13.1 Å². The van der Waals surface area contributed by atoms with Crippen LogP contribution in [0.15, 0.2) is 0 Å².